The topological polar surface area (TPSA) is 19.4 Å². The smallest absolute Gasteiger partial charge is 0.0944 e. The van der Waals surface area contributed by atoms with Gasteiger partial charge in [-0.15, -0.1) is 0 Å². The van der Waals surface area contributed by atoms with E-state index in [2.05, 4.69) is 65.3 Å². The Morgan fingerprint density at radius 2 is 1.55 bits per heavy atom. The van der Waals surface area contributed by atoms with Gasteiger partial charge in [0.25, 0.3) is 0 Å². The summed E-state index contributed by atoms with van der Waals surface area (Å²) < 4.78 is 0. The maximum absolute atomic E-state index is 3.78. The van der Waals surface area contributed by atoms with Crippen molar-refractivity contribution in [1.29, 1.82) is 0 Å². The number of nitrogens with zero attached hydrogens (tertiary/aromatic N) is 3. The minimum atomic E-state index is 0.569. The van der Waals surface area contributed by atoms with Crippen molar-refractivity contribution < 1.29 is 0 Å². The first kappa shape index (κ1) is 14.1. The van der Waals surface area contributed by atoms with E-state index in [1.807, 2.05) is 24.3 Å². The van der Waals surface area contributed by atoms with Crippen molar-refractivity contribution >= 4 is 5.69 Å². The Bertz CT molecular complexity index is 482. The number of hydrogen-bond acceptors (Lipinski definition) is 3. The molecule has 3 rings (SSSR count). The molecule has 2 aromatic rings. The second-order valence-corrected chi connectivity index (χ2v) is 4.88. The first-order chi connectivity index (χ1) is 9.77. The van der Waals surface area contributed by atoms with E-state index in [4.69, 9.17) is 0 Å². The van der Waals surface area contributed by atoms with Gasteiger partial charge in [0.2, 0.25) is 0 Å². The van der Waals surface area contributed by atoms with Gasteiger partial charge in [0.1, 0.15) is 0 Å². The molecule has 0 amide bonds. The van der Waals surface area contributed by atoms with Crippen LogP contribution in [-0.4, -0.2) is 22.6 Å². The Morgan fingerprint density at radius 3 is 2.00 bits per heavy atom. The second kappa shape index (κ2) is 7.34. The van der Waals surface area contributed by atoms with Gasteiger partial charge in [-0.1, -0.05) is 24.3 Å². The maximum atomic E-state index is 3.78. The third-order valence-corrected chi connectivity index (χ3v) is 3.07. The molecule has 104 valence electrons. The molecule has 2 heterocycles. The number of anilines is 1. The molecular weight excluding hydrogens is 246 g/mol. The molecule has 0 aliphatic carbocycles. The normalized spacial score (nSPS) is 13.3. The van der Waals surface area contributed by atoms with Gasteiger partial charge in [-0.05, 0) is 38.1 Å². The number of pyridine rings is 1. The minimum absolute atomic E-state index is 0.569. The van der Waals surface area contributed by atoms with Crippen molar-refractivity contribution in [3.8, 4) is 0 Å². The van der Waals surface area contributed by atoms with Crippen molar-refractivity contribution in [1.82, 2.24) is 9.88 Å². The van der Waals surface area contributed by atoms with E-state index >= 15 is 0 Å². The summed E-state index contributed by atoms with van der Waals surface area (Å²) in [4.78, 5) is 8.35. The van der Waals surface area contributed by atoms with Crippen molar-refractivity contribution in [2.45, 2.75) is 19.9 Å². The zero-order valence-electron chi connectivity index (χ0n) is 12.1. The van der Waals surface area contributed by atoms with Crippen LogP contribution in [0.4, 0.5) is 5.69 Å². The van der Waals surface area contributed by atoms with E-state index in [1.165, 1.54) is 5.69 Å². The van der Waals surface area contributed by atoms with Crippen molar-refractivity contribution in [2.75, 3.05) is 11.6 Å². The fourth-order valence-electron chi connectivity index (χ4n) is 1.87. The molecule has 1 aromatic heterocycles. The second-order valence-electron chi connectivity index (χ2n) is 4.88. The summed E-state index contributed by atoms with van der Waals surface area (Å²) in [7, 11) is 0. The lowest BCUT2D eigenvalue weighted by Gasteiger charge is -2.24. The molecule has 0 saturated heterocycles. The first-order valence-corrected chi connectivity index (χ1v) is 6.88. The van der Waals surface area contributed by atoms with Gasteiger partial charge in [-0.25, -0.2) is 0 Å². The van der Waals surface area contributed by atoms with Gasteiger partial charge in [0.15, 0.2) is 0 Å². The van der Waals surface area contributed by atoms with Crippen LogP contribution >= 0.6 is 0 Å². The summed E-state index contributed by atoms with van der Waals surface area (Å²) in [5.74, 6) is 0. The van der Waals surface area contributed by atoms with Crippen LogP contribution in [0.15, 0.2) is 73.3 Å². The van der Waals surface area contributed by atoms with Crippen LogP contribution in [0.25, 0.3) is 0 Å². The highest BCUT2D eigenvalue weighted by Crippen LogP contribution is 2.19. The molecule has 0 radical (unpaired) electrons. The number of aromatic nitrogens is 1. The number of hydrogen-bond donors (Lipinski definition) is 0. The van der Waals surface area contributed by atoms with Crippen LogP contribution in [0.1, 0.15) is 13.8 Å². The lowest BCUT2D eigenvalue weighted by Crippen LogP contribution is -2.29. The number of rotatable bonds is 2. The van der Waals surface area contributed by atoms with E-state index in [9.17, 15) is 0 Å². The average molecular weight is 267 g/mol. The van der Waals surface area contributed by atoms with E-state index in [0.29, 0.717) is 6.04 Å². The van der Waals surface area contributed by atoms with Crippen LogP contribution in [0.2, 0.25) is 0 Å². The Hall–Kier alpha value is -2.29. The zero-order chi connectivity index (χ0) is 14.2. The van der Waals surface area contributed by atoms with Gasteiger partial charge in [-0.2, -0.15) is 0 Å². The molecule has 20 heavy (non-hydrogen) atoms. The molecule has 3 heteroatoms. The van der Waals surface area contributed by atoms with Gasteiger partial charge < -0.3 is 9.80 Å². The van der Waals surface area contributed by atoms with Gasteiger partial charge in [-0.3, -0.25) is 4.98 Å². The Labute approximate surface area is 121 Å². The molecule has 0 saturated carbocycles. The van der Waals surface area contributed by atoms with Crippen LogP contribution in [0, 0.1) is 0 Å². The SMILES string of the molecule is CC(C)N1C=CN(c2ccccc2)C1.c1ccncc1. The fourth-order valence-corrected chi connectivity index (χ4v) is 1.87. The summed E-state index contributed by atoms with van der Waals surface area (Å²) in [6.07, 6.45) is 7.78. The Kier molecular flexibility index (Phi) is 5.18. The summed E-state index contributed by atoms with van der Waals surface area (Å²) >= 11 is 0. The zero-order valence-corrected chi connectivity index (χ0v) is 12.1. The third kappa shape index (κ3) is 4.12. The molecule has 0 spiro atoms. The molecule has 0 fully saturated rings. The Morgan fingerprint density at radius 1 is 0.900 bits per heavy atom. The van der Waals surface area contributed by atoms with Crippen LogP contribution in [-0.2, 0) is 0 Å². The minimum Gasteiger partial charge on any atom is -0.356 e. The van der Waals surface area contributed by atoms with E-state index in [1.54, 1.807) is 12.4 Å². The van der Waals surface area contributed by atoms with Crippen LogP contribution in [0.3, 0.4) is 0 Å². The molecule has 0 N–H and O–H groups in total. The maximum Gasteiger partial charge on any atom is 0.0944 e. The molecule has 0 atom stereocenters. The monoisotopic (exact) mass is 267 g/mol. The molecule has 1 aliphatic heterocycles. The highest BCUT2D eigenvalue weighted by molar-refractivity contribution is 5.49. The van der Waals surface area contributed by atoms with Crippen molar-refractivity contribution in [3.63, 3.8) is 0 Å². The Balaban J connectivity index is 0.000000205. The number of benzene rings is 1. The van der Waals surface area contributed by atoms with E-state index in [-0.39, 0.29) is 0 Å². The van der Waals surface area contributed by atoms with Gasteiger partial charge in [0.05, 0.1) is 6.67 Å². The van der Waals surface area contributed by atoms with Crippen LogP contribution < -0.4 is 4.90 Å². The summed E-state index contributed by atoms with van der Waals surface area (Å²) in [6.45, 7) is 5.37. The standard InChI is InChI=1S/C12H16N2.C5H5N/c1-11(2)13-8-9-14(10-13)12-6-4-3-5-7-12;1-2-4-6-5-3-1/h3-9,11H,10H2,1-2H3;1-5H. The summed E-state index contributed by atoms with van der Waals surface area (Å²) in [5, 5.41) is 0. The predicted octanol–water partition coefficient (Wildman–Crippen LogP) is 3.73. The van der Waals surface area contributed by atoms with Crippen molar-refractivity contribution in [3.05, 3.63) is 73.3 Å². The quantitative estimate of drug-likeness (QED) is 0.826. The summed E-state index contributed by atoms with van der Waals surface area (Å²) in [5.41, 5.74) is 1.26. The molecule has 0 bridgehead atoms. The highest BCUT2D eigenvalue weighted by atomic mass is 15.3. The number of para-hydroxylation sites is 1. The van der Waals surface area contributed by atoms with Crippen LogP contribution in [0.5, 0.6) is 0 Å². The van der Waals surface area contributed by atoms with E-state index in [0.717, 1.165) is 6.67 Å². The van der Waals surface area contributed by atoms with Crippen molar-refractivity contribution in [2.24, 2.45) is 0 Å². The first-order valence-electron chi connectivity index (χ1n) is 6.88. The lowest BCUT2D eigenvalue weighted by atomic mass is 10.3. The highest BCUT2D eigenvalue weighted by Gasteiger charge is 2.15. The molecule has 1 aromatic carbocycles. The molecule has 3 nitrogen and oxygen atoms in total. The fraction of sp³-hybridized carbons (Fsp3) is 0.235. The average Bonchev–Trinajstić information content (AvgIpc) is 3.01. The van der Waals surface area contributed by atoms with Gasteiger partial charge >= 0.3 is 0 Å². The molecule has 1 aliphatic rings. The largest absolute Gasteiger partial charge is 0.356 e. The summed E-state index contributed by atoms with van der Waals surface area (Å²) in [6, 6.07) is 16.7. The molecular formula is C17H21N3. The third-order valence-electron chi connectivity index (χ3n) is 3.07. The lowest BCUT2D eigenvalue weighted by molar-refractivity contribution is 0.336. The molecule has 0 unspecified atom stereocenters. The van der Waals surface area contributed by atoms with E-state index < -0.39 is 0 Å². The predicted molar refractivity (Wildman–Crippen MR) is 84.1 cm³/mol. The van der Waals surface area contributed by atoms with Gasteiger partial charge in [0, 0.05) is 36.5 Å².